The standard InChI is InChI=1S/C38H29N7O5/c1-20-16-23(12-14-29(20)43-45-33-26-11-7-5-9-22(26)18-28(35(33)47)37(49)40-3)38-41-30-15-13-24(19-31(30)50-38)42-44-32-25-10-6-4-8-21(25)17-27(34(32)46)36(48)39-2/h4-19,42-43H,1-3H3,(H,39,48)(H,40,49). The lowest BCUT2D eigenvalue weighted by molar-refractivity contribution is -0.121. The zero-order valence-electron chi connectivity index (χ0n) is 27.1. The monoisotopic (exact) mass is 663 g/mol. The third-order valence-corrected chi connectivity index (χ3v) is 8.34. The third kappa shape index (κ3) is 5.75. The number of likely N-dealkylation sites (N-methyl/N-ethyl adjacent to an activating group) is 2. The molecule has 5 aromatic rings. The number of anilines is 2. The summed E-state index contributed by atoms with van der Waals surface area (Å²) < 4.78 is 6.11. The third-order valence-electron chi connectivity index (χ3n) is 8.34. The molecule has 0 aliphatic heterocycles. The van der Waals surface area contributed by atoms with Crippen LogP contribution < -0.4 is 21.5 Å². The van der Waals surface area contributed by atoms with Crippen molar-refractivity contribution in [3.05, 3.63) is 124 Å². The molecule has 0 radical (unpaired) electrons. The number of hydrogen-bond donors (Lipinski definition) is 4. The number of Topliss-reactive ketones (excluding diaryl/α,β-unsaturated/α-hetero) is 2. The summed E-state index contributed by atoms with van der Waals surface area (Å²) in [7, 11) is 2.95. The Bertz CT molecular complexity index is 2400. The molecule has 12 heteroatoms. The zero-order valence-corrected chi connectivity index (χ0v) is 27.1. The van der Waals surface area contributed by atoms with Crippen molar-refractivity contribution in [3.63, 3.8) is 0 Å². The summed E-state index contributed by atoms with van der Waals surface area (Å²) in [6.45, 7) is 1.89. The summed E-state index contributed by atoms with van der Waals surface area (Å²) >= 11 is 0. The number of aryl methyl sites for hydroxylation is 1. The van der Waals surface area contributed by atoms with Crippen molar-refractivity contribution in [2.75, 3.05) is 24.9 Å². The van der Waals surface area contributed by atoms with Gasteiger partial charge in [0.25, 0.3) is 11.8 Å². The highest BCUT2D eigenvalue weighted by Gasteiger charge is 2.31. The topological polar surface area (TPSA) is 167 Å². The van der Waals surface area contributed by atoms with E-state index in [1.165, 1.54) is 14.1 Å². The normalized spacial score (nSPS) is 15.3. The number of fused-ring (bicyclic) bond motifs is 3. The molecule has 50 heavy (non-hydrogen) atoms. The number of hydrazone groups is 2. The highest BCUT2D eigenvalue weighted by Crippen LogP contribution is 2.30. The molecule has 7 rings (SSSR count). The number of ketones is 2. The quantitative estimate of drug-likeness (QED) is 0.142. The van der Waals surface area contributed by atoms with Gasteiger partial charge in [0.05, 0.1) is 22.5 Å². The Kier molecular flexibility index (Phi) is 8.18. The Labute approximate surface area is 285 Å². The molecule has 0 spiro atoms. The smallest absolute Gasteiger partial charge is 0.255 e. The van der Waals surface area contributed by atoms with Crippen LogP contribution in [0.25, 0.3) is 34.7 Å². The highest BCUT2D eigenvalue weighted by molar-refractivity contribution is 6.59. The Balaban J connectivity index is 1.12. The molecule has 0 saturated carbocycles. The molecule has 0 atom stereocenters. The first-order chi connectivity index (χ1) is 24.2. The van der Waals surface area contributed by atoms with Gasteiger partial charge in [-0.05, 0) is 66.1 Å². The molecule has 4 aromatic carbocycles. The minimum atomic E-state index is -0.487. The molecule has 0 saturated heterocycles. The number of oxazole rings is 1. The van der Waals surface area contributed by atoms with Crippen molar-refractivity contribution >= 4 is 69.4 Å². The van der Waals surface area contributed by atoms with E-state index in [0.29, 0.717) is 50.6 Å². The van der Waals surface area contributed by atoms with E-state index in [9.17, 15) is 19.2 Å². The molecule has 1 heterocycles. The summed E-state index contributed by atoms with van der Waals surface area (Å²) in [6.07, 6.45) is 3.13. The van der Waals surface area contributed by atoms with E-state index < -0.39 is 23.4 Å². The van der Waals surface area contributed by atoms with E-state index in [1.54, 1.807) is 48.6 Å². The number of nitrogens with one attached hydrogen (secondary N) is 4. The maximum absolute atomic E-state index is 13.2. The van der Waals surface area contributed by atoms with Gasteiger partial charge in [0.1, 0.15) is 16.9 Å². The summed E-state index contributed by atoms with van der Waals surface area (Å²) in [4.78, 5) is 55.8. The SMILES string of the molecule is CNC(=O)C1=Cc2ccccc2C(=NNc2ccc3nc(-c4ccc(NN=C5C(=O)C(C(=O)NC)=Cc6ccccc65)c(C)c4)oc3c2)C1=O. The van der Waals surface area contributed by atoms with Crippen LogP contribution in [-0.4, -0.2) is 53.9 Å². The second-order valence-electron chi connectivity index (χ2n) is 11.5. The largest absolute Gasteiger partial charge is 0.436 e. The molecule has 246 valence electrons. The Morgan fingerprint density at radius 2 is 1.28 bits per heavy atom. The van der Waals surface area contributed by atoms with Crippen molar-refractivity contribution in [2.24, 2.45) is 10.2 Å². The summed E-state index contributed by atoms with van der Waals surface area (Å²) in [5, 5.41) is 13.8. The Hall–Kier alpha value is -6.95. The van der Waals surface area contributed by atoms with E-state index in [1.807, 2.05) is 55.5 Å². The number of nitrogens with zero attached hydrogens (tertiary/aromatic N) is 3. The second kappa shape index (κ2) is 12.9. The first-order valence-corrected chi connectivity index (χ1v) is 15.6. The average molecular weight is 664 g/mol. The molecule has 2 amide bonds. The highest BCUT2D eigenvalue weighted by atomic mass is 16.3. The van der Waals surface area contributed by atoms with E-state index in [2.05, 4.69) is 36.7 Å². The van der Waals surface area contributed by atoms with Crippen LogP contribution in [0.15, 0.2) is 111 Å². The van der Waals surface area contributed by atoms with Gasteiger partial charge in [0.2, 0.25) is 17.5 Å². The predicted octanol–water partition coefficient (Wildman–Crippen LogP) is 4.86. The number of aromatic nitrogens is 1. The molecule has 2 aliphatic carbocycles. The average Bonchev–Trinajstić information content (AvgIpc) is 3.57. The zero-order chi connectivity index (χ0) is 34.9. The van der Waals surface area contributed by atoms with E-state index in [-0.39, 0.29) is 22.6 Å². The number of benzene rings is 4. The molecule has 0 unspecified atom stereocenters. The molecule has 4 N–H and O–H groups in total. The Morgan fingerprint density at radius 3 is 1.86 bits per heavy atom. The number of hydrogen-bond acceptors (Lipinski definition) is 10. The Morgan fingerprint density at radius 1 is 0.700 bits per heavy atom. The van der Waals surface area contributed by atoms with Crippen LogP contribution in [0.3, 0.4) is 0 Å². The predicted molar refractivity (Wildman–Crippen MR) is 191 cm³/mol. The van der Waals surface area contributed by atoms with Crippen LogP contribution in [0.2, 0.25) is 0 Å². The van der Waals surface area contributed by atoms with E-state index in [0.717, 1.165) is 11.1 Å². The maximum Gasteiger partial charge on any atom is 0.255 e. The summed E-state index contributed by atoms with van der Waals surface area (Å²) in [5.41, 5.74) is 12.7. The van der Waals surface area contributed by atoms with Crippen LogP contribution >= 0.6 is 0 Å². The van der Waals surface area contributed by atoms with Crippen molar-refractivity contribution in [1.29, 1.82) is 0 Å². The fourth-order valence-corrected chi connectivity index (χ4v) is 5.72. The van der Waals surface area contributed by atoms with E-state index >= 15 is 0 Å². The molecule has 2 aliphatic rings. The van der Waals surface area contributed by atoms with Gasteiger partial charge < -0.3 is 15.1 Å². The van der Waals surface area contributed by atoms with E-state index in [4.69, 9.17) is 4.42 Å². The lowest BCUT2D eigenvalue weighted by atomic mass is 9.89. The van der Waals surface area contributed by atoms with Gasteiger partial charge in [-0.15, -0.1) is 0 Å². The number of amides is 2. The molecule has 12 nitrogen and oxygen atoms in total. The van der Waals surface area contributed by atoms with Gasteiger partial charge >= 0.3 is 0 Å². The lowest BCUT2D eigenvalue weighted by Crippen LogP contribution is -2.32. The van der Waals surface area contributed by atoms with Crippen molar-refractivity contribution in [3.8, 4) is 11.5 Å². The first kappa shape index (κ1) is 31.6. The molecule has 1 aromatic heterocycles. The minimum absolute atomic E-state index is 0.00568. The van der Waals surface area contributed by atoms with Crippen LogP contribution in [0.5, 0.6) is 0 Å². The van der Waals surface area contributed by atoms with Crippen LogP contribution in [0.1, 0.15) is 27.8 Å². The minimum Gasteiger partial charge on any atom is -0.436 e. The van der Waals surface area contributed by atoms with Gasteiger partial charge in [0.15, 0.2) is 5.58 Å². The molecule has 0 fully saturated rings. The van der Waals surface area contributed by atoms with Gasteiger partial charge in [0, 0.05) is 36.9 Å². The second-order valence-corrected chi connectivity index (χ2v) is 11.5. The van der Waals surface area contributed by atoms with Gasteiger partial charge in [-0.3, -0.25) is 30.0 Å². The van der Waals surface area contributed by atoms with Crippen LogP contribution in [0.4, 0.5) is 11.4 Å². The first-order valence-electron chi connectivity index (χ1n) is 15.6. The number of carbonyl (C=O) groups excluding carboxylic acids is 4. The summed E-state index contributed by atoms with van der Waals surface area (Å²) in [6, 6.07) is 25.3. The van der Waals surface area contributed by atoms with Gasteiger partial charge in [-0.2, -0.15) is 10.2 Å². The van der Waals surface area contributed by atoms with Gasteiger partial charge in [-0.1, -0.05) is 48.5 Å². The van der Waals surface area contributed by atoms with Crippen molar-refractivity contribution in [1.82, 2.24) is 15.6 Å². The number of carbonyl (C=O) groups is 4. The fourth-order valence-electron chi connectivity index (χ4n) is 5.72. The summed E-state index contributed by atoms with van der Waals surface area (Å²) in [5.74, 6) is -1.54. The van der Waals surface area contributed by atoms with Crippen LogP contribution in [-0.2, 0) is 19.2 Å². The van der Waals surface area contributed by atoms with Crippen molar-refractivity contribution in [2.45, 2.75) is 6.92 Å². The molecule has 0 bridgehead atoms. The fraction of sp³-hybridized carbons (Fsp3) is 0.0789. The van der Waals surface area contributed by atoms with Gasteiger partial charge in [-0.25, -0.2) is 4.98 Å². The molecular formula is C38H29N7O5. The maximum atomic E-state index is 13.2. The van der Waals surface area contributed by atoms with Crippen molar-refractivity contribution < 1.29 is 23.6 Å². The number of rotatable bonds is 7. The molecular weight excluding hydrogens is 634 g/mol. The lowest BCUT2D eigenvalue weighted by Gasteiger charge is -2.17. The van der Waals surface area contributed by atoms with Crippen LogP contribution in [0, 0.1) is 6.92 Å².